The normalized spacial score (nSPS) is 25.8. The van der Waals surface area contributed by atoms with Crippen LogP contribution in [0.1, 0.15) is 29.7 Å². The van der Waals surface area contributed by atoms with Gasteiger partial charge in [-0.3, -0.25) is 24.1 Å². The summed E-state index contributed by atoms with van der Waals surface area (Å²) >= 11 is 2.78. The van der Waals surface area contributed by atoms with E-state index in [1.165, 1.54) is 40.5 Å². The average molecular weight is 763 g/mol. The largest absolute Gasteiger partial charge is 0.497 e. The van der Waals surface area contributed by atoms with E-state index in [-0.39, 0.29) is 57.1 Å². The quantitative estimate of drug-likeness (QED) is 0.198. The maximum absolute atomic E-state index is 14.1. The number of carbonyl (C=O) groups is 3. The Morgan fingerprint density at radius 1 is 0.962 bits per heavy atom. The molecule has 3 amide bonds. The summed E-state index contributed by atoms with van der Waals surface area (Å²) in [6.45, 7) is 1.81. The molecule has 2 aliphatic heterocycles. The van der Waals surface area contributed by atoms with E-state index in [0.29, 0.717) is 35.2 Å². The van der Waals surface area contributed by atoms with E-state index in [1.807, 2.05) is 19.1 Å². The third kappa shape index (κ3) is 5.77. The summed E-state index contributed by atoms with van der Waals surface area (Å²) in [5, 5.41) is 8.62. The molecule has 2 aliphatic carbocycles. The molecule has 4 N–H and O–H groups in total. The highest BCUT2D eigenvalue weighted by Crippen LogP contribution is 2.68. The standard InChI is InChI=1S/C36H34N4O9S3/c1-3-48-25-14-17(4-13-24(25)49-16-26(41)38-18-5-11-21(12-6-18)52(37,45)46)27-28-22-15-23(31(28)50-33-32(27)51-36(44)39-33)30-29(22)34(42)40(35(30)43)19-7-9-20(47-2)10-8-19/h4-14,22-23,27-31H,3,15-16H2,1-2H3,(H,38,41)(H,39,44)(H2,37,45,46)/t22-,23-,27-,28?,29?,30?,31?/m1/s1. The second-order valence-electron chi connectivity index (χ2n) is 13.2. The molecule has 1 saturated heterocycles. The van der Waals surface area contributed by atoms with Crippen molar-refractivity contribution in [1.82, 2.24) is 4.98 Å². The van der Waals surface area contributed by atoms with Gasteiger partial charge < -0.3 is 24.5 Å². The molecule has 2 saturated carbocycles. The van der Waals surface area contributed by atoms with Gasteiger partial charge in [0.05, 0.1) is 41.2 Å². The van der Waals surface area contributed by atoms with Gasteiger partial charge in [-0.1, -0.05) is 17.4 Å². The average Bonchev–Trinajstić information content (AvgIpc) is 3.86. The van der Waals surface area contributed by atoms with Crippen LogP contribution in [0.25, 0.3) is 0 Å². The van der Waals surface area contributed by atoms with Crippen molar-refractivity contribution >= 4 is 62.2 Å². The van der Waals surface area contributed by atoms with Gasteiger partial charge in [-0.2, -0.15) is 0 Å². The Kier molecular flexibility index (Phi) is 8.67. The van der Waals surface area contributed by atoms with Gasteiger partial charge in [0.25, 0.3) is 5.91 Å². The number of imide groups is 1. The molecule has 3 fully saturated rings. The minimum Gasteiger partial charge on any atom is -0.497 e. The number of H-pyrrole nitrogens is 1. The van der Waals surface area contributed by atoms with Gasteiger partial charge in [0.15, 0.2) is 18.1 Å². The molecule has 13 nitrogen and oxygen atoms in total. The fourth-order valence-corrected chi connectivity index (χ4v) is 12.0. The van der Waals surface area contributed by atoms with Crippen molar-refractivity contribution in [2.75, 3.05) is 30.5 Å². The predicted octanol–water partition coefficient (Wildman–Crippen LogP) is 4.19. The number of sulfonamides is 1. The highest BCUT2D eigenvalue weighted by atomic mass is 32.2. The van der Waals surface area contributed by atoms with Gasteiger partial charge in [0, 0.05) is 21.7 Å². The topological polar surface area (TPSA) is 187 Å². The fourth-order valence-electron chi connectivity index (χ4n) is 8.55. The van der Waals surface area contributed by atoms with Gasteiger partial charge in [0.2, 0.25) is 21.8 Å². The van der Waals surface area contributed by atoms with Gasteiger partial charge in [-0.05, 0) is 97.3 Å². The van der Waals surface area contributed by atoms with E-state index < -0.39 is 27.8 Å². The molecule has 0 radical (unpaired) electrons. The number of benzene rings is 3. The SMILES string of the molecule is CCOc1cc([C@H]2c3sc(=O)[nH]c3SC3C2[C@H]2C[C@@H]3C3C(=O)N(c4ccc(OC)cc4)C(=O)C32)ccc1OCC(=O)Nc1ccc(S(N)(=O)=O)cc1. The second kappa shape index (κ2) is 13.1. The molecule has 3 aromatic carbocycles. The second-order valence-corrected chi connectivity index (χ2v) is 17.0. The maximum atomic E-state index is 14.1. The molecule has 4 unspecified atom stereocenters. The molecule has 8 rings (SSSR count). The number of nitrogens with two attached hydrogens (primary N) is 1. The summed E-state index contributed by atoms with van der Waals surface area (Å²) in [7, 11) is -2.30. The maximum Gasteiger partial charge on any atom is 0.305 e. The number of nitrogens with one attached hydrogen (secondary N) is 2. The number of rotatable bonds is 10. The Bertz CT molecular complexity index is 2250. The number of hydrogen-bond acceptors (Lipinski definition) is 11. The van der Waals surface area contributed by atoms with Crippen molar-refractivity contribution in [3.8, 4) is 17.2 Å². The Morgan fingerprint density at radius 2 is 1.67 bits per heavy atom. The van der Waals surface area contributed by atoms with E-state index in [9.17, 15) is 27.6 Å². The summed E-state index contributed by atoms with van der Waals surface area (Å²) in [6, 6.07) is 17.9. The smallest absolute Gasteiger partial charge is 0.305 e. The van der Waals surface area contributed by atoms with Crippen LogP contribution in [0.2, 0.25) is 0 Å². The molecular formula is C36H34N4O9S3. The third-order valence-corrected chi connectivity index (χ3v) is 14.0. The van der Waals surface area contributed by atoms with Crippen LogP contribution < -0.4 is 34.4 Å². The molecular weight excluding hydrogens is 729 g/mol. The monoisotopic (exact) mass is 762 g/mol. The summed E-state index contributed by atoms with van der Waals surface area (Å²) in [5.41, 5.74) is 1.79. The van der Waals surface area contributed by atoms with Crippen molar-refractivity contribution in [3.05, 3.63) is 86.8 Å². The van der Waals surface area contributed by atoms with Crippen LogP contribution in [0.5, 0.6) is 17.2 Å². The number of ether oxygens (including phenoxy) is 3. The highest BCUT2D eigenvalue weighted by molar-refractivity contribution is 8.00. The summed E-state index contributed by atoms with van der Waals surface area (Å²) < 4.78 is 40.3. The van der Waals surface area contributed by atoms with Crippen LogP contribution in [0.4, 0.5) is 11.4 Å². The van der Waals surface area contributed by atoms with Gasteiger partial charge in [-0.25, -0.2) is 13.6 Å². The van der Waals surface area contributed by atoms with E-state index >= 15 is 0 Å². The molecule has 7 atom stereocenters. The van der Waals surface area contributed by atoms with Crippen molar-refractivity contribution < 1.29 is 37.0 Å². The molecule has 270 valence electrons. The zero-order valence-electron chi connectivity index (χ0n) is 27.9. The number of aromatic nitrogens is 1. The number of thioether (sulfide) groups is 1. The molecule has 4 aromatic rings. The number of nitrogens with zero attached hydrogens (tertiary/aromatic N) is 1. The minimum atomic E-state index is -3.87. The van der Waals surface area contributed by atoms with E-state index in [1.54, 1.807) is 49.2 Å². The fraction of sp³-hybridized carbons (Fsp3) is 0.333. The number of thiazole rings is 1. The van der Waals surface area contributed by atoms with Crippen LogP contribution in [0.15, 0.2) is 81.4 Å². The van der Waals surface area contributed by atoms with Gasteiger partial charge in [-0.15, -0.1) is 11.8 Å². The Hall–Kier alpha value is -4.64. The zero-order valence-corrected chi connectivity index (χ0v) is 30.4. The van der Waals surface area contributed by atoms with E-state index in [0.717, 1.165) is 21.9 Å². The van der Waals surface area contributed by atoms with Crippen molar-refractivity contribution in [2.24, 2.45) is 34.7 Å². The number of methoxy groups -OCH3 is 1. The number of carbonyl (C=O) groups excluding carboxylic acids is 3. The number of anilines is 2. The Morgan fingerprint density at radius 3 is 2.35 bits per heavy atom. The van der Waals surface area contributed by atoms with Crippen molar-refractivity contribution in [3.63, 3.8) is 0 Å². The number of amides is 3. The predicted molar refractivity (Wildman–Crippen MR) is 194 cm³/mol. The first kappa shape index (κ1) is 34.4. The van der Waals surface area contributed by atoms with Crippen LogP contribution in [0, 0.1) is 29.6 Å². The Balaban J connectivity index is 1.06. The van der Waals surface area contributed by atoms with E-state index in [2.05, 4.69) is 10.3 Å². The molecule has 1 aromatic heterocycles. The van der Waals surface area contributed by atoms with Crippen molar-refractivity contribution in [1.29, 1.82) is 0 Å². The number of aromatic amines is 1. The van der Waals surface area contributed by atoms with Crippen molar-refractivity contribution in [2.45, 2.75) is 34.4 Å². The number of fused-ring (bicyclic) bond motifs is 9. The molecule has 4 aliphatic rings. The third-order valence-electron chi connectivity index (χ3n) is 10.5. The van der Waals surface area contributed by atoms with Gasteiger partial charge in [0.1, 0.15) is 5.75 Å². The Labute approximate surface area is 306 Å². The number of hydrogen-bond donors (Lipinski definition) is 3. The highest BCUT2D eigenvalue weighted by Gasteiger charge is 2.69. The molecule has 52 heavy (non-hydrogen) atoms. The summed E-state index contributed by atoms with van der Waals surface area (Å²) in [6.07, 6.45) is 0.751. The first-order valence-corrected chi connectivity index (χ1v) is 19.9. The van der Waals surface area contributed by atoms with Crippen LogP contribution in [-0.4, -0.2) is 56.7 Å². The molecule has 0 spiro atoms. The lowest BCUT2D eigenvalue weighted by molar-refractivity contribution is -0.123. The minimum absolute atomic E-state index is 0.00996. The molecule has 2 bridgehead atoms. The van der Waals surface area contributed by atoms with Crippen LogP contribution in [0.3, 0.4) is 0 Å². The summed E-state index contributed by atoms with van der Waals surface area (Å²) in [5.74, 6) is -0.668. The first-order chi connectivity index (χ1) is 25.0. The molecule has 16 heteroatoms. The lowest BCUT2D eigenvalue weighted by atomic mass is 9.68. The number of primary sulfonamides is 1. The van der Waals surface area contributed by atoms with Crippen LogP contribution >= 0.6 is 23.1 Å². The lowest BCUT2D eigenvalue weighted by Gasteiger charge is -2.43. The van der Waals surface area contributed by atoms with Crippen LogP contribution in [-0.2, 0) is 24.4 Å². The van der Waals surface area contributed by atoms with Gasteiger partial charge >= 0.3 is 4.87 Å². The first-order valence-electron chi connectivity index (χ1n) is 16.7. The van der Waals surface area contributed by atoms with E-state index in [4.69, 9.17) is 19.3 Å². The summed E-state index contributed by atoms with van der Waals surface area (Å²) in [4.78, 5) is 58.6. The lowest BCUT2D eigenvalue weighted by Crippen LogP contribution is -2.42. The zero-order chi connectivity index (χ0) is 36.5. The molecule has 3 heterocycles.